The average Bonchev–Trinajstić information content (AvgIpc) is 2.67. The Bertz CT molecular complexity index is 805. The van der Waals surface area contributed by atoms with Crippen LogP contribution in [0.3, 0.4) is 0 Å². The van der Waals surface area contributed by atoms with Gasteiger partial charge in [-0.2, -0.15) is 0 Å². The molecule has 0 fully saturated rings. The first kappa shape index (κ1) is 22.0. The Morgan fingerprint density at radius 2 is 1.75 bits per heavy atom. The van der Waals surface area contributed by atoms with Crippen LogP contribution in [0, 0.1) is 6.92 Å². The molecule has 0 heterocycles. The maximum atomic E-state index is 13.1. The lowest BCUT2D eigenvalue weighted by atomic mass is 10.1. The van der Waals surface area contributed by atoms with E-state index in [1.165, 1.54) is 0 Å². The molecule has 0 bridgehead atoms. The molecule has 2 aromatic rings. The van der Waals surface area contributed by atoms with Crippen LogP contribution in [0.2, 0.25) is 5.02 Å². The highest BCUT2D eigenvalue weighted by Crippen LogP contribution is 2.15. The zero-order valence-corrected chi connectivity index (χ0v) is 17.8. The summed E-state index contributed by atoms with van der Waals surface area (Å²) in [5, 5.41) is 3.62. The lowest BCUT2D eigenvalue weighted by Gasteiger charge is -2.30. The summed E-state index contributed by atoms with van der Waals surface area (Å²) >= 11 is 5.94. The second-order valence-corrected chi connectivity index (χ2v) is 7.74. The van der Waals surface area contributed by atoms with Crippen LogP contribution in [0.4, 0.5) is 0 Å². The van der Waals surface area contributed by atoms with E-state index in [0.717, 1.165) is 23.1 Å². The standard InChI is InChI=1S/C23H29ClN2O2/c1-5-17(3)25-23(28)18(4)26(15-20-8-6-7-16(2)13-20)22(27)14-19-9-11-21(24)12-10-19/h6-13,17-18H,5,14-15H2,1-4H3,(H,25,28)/t17-,18+/m0/s1. The fraction of sp³-hybridized carbons (Fsp3) is 0.391. The molecule has 2 aromatic carbocycles. The van der Waals surface area contributed by atoms with Gasteiger partial charge in [0.15, 0.2) is 0 Å². The predicted molar refractivity (Wildman–Crippen MR) is 114 cm³/mol. The summed E-state index contributed by atoms with van der Waals surface area (Å²) in [5.74, 6) is -0.220. The highest BCUT2D eigenvalue weighted by molar-refractivity contribution is 6.30. The Labute approximate surface area is 172 Å². The van der Waals surface area contributed by atoms with Gasteiger partial charge in [0, 0.05) is 17.6 Å². The van der Waals surface area contributed by atoms with Crippen LogP contribution >= 0.6 is 11.6 Å². The van der Waals surface area contributed by atoms with Crippen molar-refractivity contribution in [3.8, 4) is 0 Å². The van der Waals surface area contributed by atoms with Gasteiger partial charge in [0.1, 0.15) is 6.04 Å². The molecule has 2 amide bonds. The van der Waals surface area contributed by atoms with Crippen LogP contribution in [0.1, 0.15) is 43.9 Å². The second kappa shape index (κ2) is 10.3. The van der Waals surface area contributed by atoms with E-state index >= 15 is 0 Å². The first-order chi connectivity index (χ1) is 13.3. The largest absolute Gasteiger partial charge is 0.352 e. The van der Waals surface area contributed by atoms with Crippen molar-refractivity contribution >= 4 is 23.4 Å². The van der Waals surface area contributed by atoms with Gasteiger partial charge in [-0.25, -0.2) is 0 Å². The highest BCUT2D eigenvalue weighted by Gasteiger charge is 2.26. The quantitative estimate of drug-likeness (QED) is 0.708. The molecule has 0 unspecified atom stereocenters. The lowest BCUT2D eigenvalue weighted by Crippen LogP contribution is -2.49. The van der Waals surface area contributed by atoms with E-state index in [0.29, 0.717) is 11.6 Å². The molecule has 0 aliphatic carbocycles. The number of nitrogens with zero attached hydrogens (tertiary/aromatic N) is 1. The molecule has 28 heavy (non-hydrogen) atoms. The molecule has 2 atom stereocenters. The maximum absolute atomic E-state index is 13.1. The lowest BCUT2D eigenvalue weighted by molar-refractivity contribution is -0.140. The fourth-order valence-corrected chi connectivity index (χ4v) is 3.06. The first-order valence-electron chi connectivity index (χ1n) is 9.70. The van der Waals surface area contributed by atoms with Crippen molar-refractivity contribution in [2.45, 2.75) is 59.2 Å². The second-order valence-electron chi connectivity index (χ2n) is 7.31. The number of nitrogens with one attached hydrogen (secondary N) is 1. The number of hydrogen-bond acceptors (Lipinski definition) is 2. The SMILES string of the molecule is CC[C@H](C)NC(=O)[C@@H](C)N(Cc1cccc(C)c1)C(=O)Cc1ccc(Cl)cc1. The molecular formula is C23H29ClN2O2. The number of rotatable bonds is 8. The van der Waals surface area contributed by atoms with Crippen LogP contribution in [0.5, 0.6) is 0 Å². The third-order valence-corrected chi connectivity index (χ3v) is 5.12. The van der Waals surface area contributed by atoms with Gasteiger partial charge in [-0.05, 0) is 50.5 Å². The number of amides is 2. The van der Waals surface area contributed by atoms with Crippen molar-refractivity contribution in [1.29, 1.82) is 0 Å². The molecule has 0 saturated carbocycles. The van der Waals surface area contributed by atoms with Crippen LogP contribution in [0.15, 0.2) is 48.5 Å². The maximum Gasteiger partial charge on any atom is 0.242 e. The van der Waals surface area contributed by atoms with Crippen LogP contribution in [-0.4, -0.2) is 28.8 Å². The molecule has 1 N–H and O–H groups in total. The molecular weight excluding hydrogens is 372 g/mol. The van der Waals surface area contributed by atoms with Gasteiger partial charge in [0.05, 0.1) is 6.42 Å². The van der Waals surface area contributed by atoms with Gasteiger partial charge >= 0.3 is 0 Å². The molecule has 2 rings (SSSR count). The number of aryl methyl sites for hydroxylation is 1. The third kappa shape index (κ3) is 6.38. The molecule has 0 saturated heterocycles. The molecule has 150 valence electrons. The Morgan fingerprint density at radius 3 is 2.36 bits per heavy atom. The molecule has 0 radical (unpaired) electrons. The number of carbonyl (C=O) groups is 2. The van der Waals surface area contributed by atoms with Gasteiger partial charge in [-0.15, -0.1) is 0 Å². The van der Waals surface area contributed by atoms with Gasteiger partial charge in [-0.3, -0.25) is 9.59 Å². The molecule has 0 aliphatic rings. The normalized spacial score (nSPS) is 12.9. The van der Waals surface area contributed by atoms with Crippen LogP contribution in [-0.2, 0) is 22.6 Å². The Balaban J connectivity index is 2.22. The van der Waals surface area contributed by atoms with E-state index in [-0.39, 0.29) is 24.3 Å². The molecule has 0 aromatic heterocycles. The number of halogens is 1. The Kier molecular flexibility index (Phi) is 8.06. The highest BCUT2D eigenvalue weighted by atomic mass is 35.5. The topological polar surface area (TPSA) is 49.4 Å². The van der Waals surface area contributed by atoms with Gasteiger partial charge < -0.3 is 10.2 Å². The summed E-state index contributed by atoms with van der Waals surface area (Å²) in [6.07, 6.45) is 1.07. The summed E-state index contributed by atoms with van der Waals surface area (Å²) in [5.41, 5.74) is 3.00. The van der Waals surface area contributed by atoms with Crippen molar-refractivity contribution in [2.75, 3.05) is 0 Å². The van der Waals surface area contributed by atoms with E-state index in [2.05, 4.69) is 5.32 Å². The minimum atomic E-state index is -0.561. The monoisotopic (exact) mass is 400 g/mol. The van der Waals surface area contributed by atoms with Crippen molar-refractivity contribution in [3.63, 3.8) is 0 Å². The van der Waals surface area contributed by atoms with Gasteiger partial charge in [0.2, 0.25) is 11.8 Å². The summed E-state index contributed by atoms with van der Waals surface area (Å²) in [4.78, 5) is 27.4. The van der Waals surface area contributed by atoms with Gasteiger partial charge in [-0.1, -0.05) is 60.5 Å². The fourth-order valence-electron chi connectivity index (χ4n) is 2.93. The zero-order chi connectivity index (χ0) is 20.7. The van der Waals surface area contributed by atoms with E-state index in [1.807, 2.05) is 57.2 Å². The first-order valence-corrected chi connectivity index (χ1v) is 10.1. The van der Waals surface area contributed by atoms with E-state index in [9.17, 15) is 9.59 Å². The minimum Gasteiger partial charge on any atom is -0.352 e. The summed E-state index contributed by atoms with van der Waals surface area (Å²) < 4.78 is 0. The third-order valence-electron chi connectivity index (χ3n) is 4.87. The van der Waals surface area contributed by atoms with Gasteiger partial charge in [0.25, 0.3) is 0 Å². The summed E-state index contributed by atoms with van der Waals surface area (Å²) in [6.45, 7) is 8.18. The van der Waals surface area contributed by atoms with Crippen molar-refractivity contribution in [2.24, 2.45) is 0 Å². The van der Waals surface area contributed by atoms with Crippen LogP contribution in [0.25, 0.3) is 0 Å². The average molecular weight is 401 g/mol. The van der Waals surface area contributed by atoms with E-state index in [4.69, 9.17) is 11.6 Å². The van der Waals surface area contributed by atoms with Crippen molar-refractivity contribution < 1.29 is 9.59 Å². The minimum absolute atomic E-state index is 0.0714. The zero-order valence-electron chi connectivity index (χ0n) is 17.0. The number of carbonyl (C=O) groups excluding carboxylic acids is 2. The summed E-state index contributed by atoms with van der Waals surface area (Å²) in [7, 11) is 0. The van der Waals surface area contributed by atoms with E-state index < -0.39 is 6.04 Å². The molecule has 5 heteroatoms. The van der Waals surface area contributed by atoms with E-state index in [1.54, 1.807) is 24.0 Å². The van der Waals surface area contributed by atoms with Crippen LogP contribution < -0.4 is 5.32 Å². The number of hydrogen-bond donors (Lipinski definition) is 1. The molecule has 4 nitrogen and oxygen atoms in total. The predicted octanol–water partition coefficient (Wildman–Crippen LogP) is 4.52. The Morgan fingerprint density at radius 1 is 1.07 bits per heavy atom. The molecule has 0 aliphatic heterocycles. The smallest absolute Gasteiger partial charge is 0.242 e. The summed E-state index contributed by atoms with van der Waals surface area (Å²) in [6, 6.07) is 14.7. The van der Waals surface area contributed by atoms with Crippen molar-refractivity contribution in [3.05, 3.63) is 70.2 Å². The number of benzene rings is 2. The van der Waals surface area contributed by atoms with Crippen molar-refractivity contribution in [1.82, 2.24) is 10.2 Å². The Hall–Kier alpha value is -2.33. The molecule has 0 spiro atoms.